The molecular formula is C19H18N4O2S2. The highest BCUT2D eigenvalue weighted by Gasteiger charge is 2.34. The van der Waals surface area contributed by atoms with Crippen LogP contribution in [0.25, 0.3) is 11.0 Å². The van der Waals surface area contributed by atoms with Crippen molar-refractivity contribution in [3.05, 3.63) is 66.0 Å². The molecule has 3 aromatic rings. The Morgan fingerprint density at radius 3 is 2.41 bits per heavy atom. The molecule has 138 valence electrons. The topological polar surface area (TPSA) is 75.5 Å². The van der Waals surface area contributed by atoms with Crippen LogP contribution in [0.1, 0.15) is 23.6 Å². The van der Waals surface area contributed by atoms with Gasteiger partial charge in [-0.05, 0) is 41.6 Å². The second-order valence-corrected chi connectivity index (χ2v) is 9.05. The van der Waals surface area contributed by atoms with Crippen molar-refractivity contribution in [3.63, 3.8) is 0 Å². The average molecular weight is 399 g/mol. The highest BCUT2D eigenvalue weighted by Crippen LogP contribution is 2.35. The van der Waals surface area contributed by atoms with Crippen LogP contribution in [0.2, 0.25) is 0 Å². The van der Waals surface area contributed by atoms with Gasteiger partial charge in [0, 0.05) is 23.7 Å². The van der Waals surface area contributed by atoms with E-state index in [2.05, 4.69) is 15.1 Å². The van der Waals surface area contributed by atoms with Gasteiger partial charge in [-0.3, -0.25) is 9.97 Å². The number of aromatic nitrogens is 2. The SMILES string of the molecule is CSc1ccc(C2=NN(S(C)(=O)=O)[C@@H](c3ccc4nccnc4c3)C2)cc1. The second-order valence-electron chi connectivity index (χ2n) is 6.34. The molecule has 0 saturated heterocycles. The predicted molar refractivity (Wildman–Crippen MR) is 108 cm³/mol. The summed E-state index contributed by atoms with van der Waals surface area (Å²) in [4.78, 5) is 9.75. The number of hydrazone groups is 1. The first-order valence-corrected chi connectivity index (χ1v) is 11.4. The molecule has 4 rings (SSSR count). The Kier molecular flexibility index (Phi) is 4.61. The first kappa shape index (κ1) is 17.9. The Morgan fingerprint density at radius 1 is 1.04 bits per heavy atom. The molecule has 0 unspecified atom stereocenters. The van der Waals surface area contributed by atoms with Gasteiger partial charge in [0.2, 0.25) is 10.0 Å². The summed E-state index contributed by atoms with van der Waals surface area (Å²) in [5.41, 5.74) is 4.06. The van der Waals surface area contributed by atoms with Crippen LogP contribution in [0.15, 0.2) is 64.9 Å². The minimum absolute atomic E-state index is 0.387. The molecule has 6 nitrogen and oxygen atoms in total. The van der Waals surface area contributed by atoms with E-state index in [0.29, 0.717) is 6.42 Å². The zero-order valence-corrected chi connectivity index (χ0v) is 16.5. The summed E-state index contributed by atoms with van der Waals surface area (Å²) in [7, 11) is -3.50. The lowest BCUT2D eigenvalue weighted by molar-refractivity contribution is 0.375. The fourth-order valence-corrected chi connectivity index (χ4v) is 4.50. The normalized spacial score (nSPS) is 17.3. The molecule has 1 aliphatic heterocycles. The molecule has 2 heterocycles. The number of thioether (sulfide) groups is 1. The van der Waals surface area contributed by atoms with E-state index in [1.165, 1.54) is 10.7 Å². The minimum Gasteiger partial charge on any atom is -0.253 e. The zero-order chi connectivity index (χ0) is 19.0. The van der Waals surface area contributed by atoms with Crippen LogP contribution in [0, 0.1) is 0 Å². The van der Waals surface area contributed by atoms with E-state index in [1.54, 1.807) is 24.2 Å². The largest absolute Gasteiger partial charge is 0.253 e. The maximum absolute atomic E-state index is 12.3. The van der Waals surface area contributed by atoms with Crippen molar-refractivity contribution in [2.24, 2.45) is 5.10 Å². The van der Waals surface area contributed by atoms with Gasteiger partial charge >= 0.3 is 0 Å². The molecule has 2 aromatic carbocycles. The van der Waals surface area contributed by atoms with Gasteiger partial charge in [0.25, 0.3) is 0 Å². The van der Waals surface area contributed by atoms with E-state index in [4.69, 9.17) is 0 Å². The van der Waals surface area contributed by atoms with Gasteiger partial charge in [-0.1, -0.05) is 18.2 Å². The van der Waals surface area contributed by atoms with Gasteiger partial charge in [-0.15, -0.1) is 11.8 Å². The zero-order valence-electron chi connectivity index (χ0n) is 14.9. The lowest BCUT2D eigenvalue weighted by Gasteiger charge is -2.21. The van der Waals surface area contributed by atoms with Crippen LogP contribution in [0.5, 0.6) is 0 Å². The smallest absolute Gasteiger partial charge is 0.247 e. The molecule has 0 spiro atoms. The number of nitrogens with zero attached hydrogens (tertiary/aromatic N) is 4. The van der Waals surface area contributed by atoms with Crippen LogP contribution in [0.3, 0.4) is 0 Å². The molecule has 27 heavy (non-hydrogen) atoms. The van der Waals surface area contributed by atoms with E-state index in [1.807, 2.05) is 48.7 Å². The number of fused-ring (bicyclic) bond motifs is 1. The van der Waals surface area contributed by atoms with E-state index >= 15 is 0 Å². The summed E-state index contributed by atoms with van der Waals surface area (Å²) in [5, 5.41) is 4.44. The lowest BCUT2D eigenvalue weighted by Crippen LogP contribution is -2.25. The average Bonchev–Trinajstić information content (AvgIpc) is 3.14. The second kappa shape index (κ2) is 6.94. The van der Waals surface area contributed by atoms with Crippen LogP contribution in [-0.4, -0.2) is 41.0 Å². The molecule has 0 radical (unpaired) electrons. The standard InChI is InChI=1S/C19H18N4O2S2/c1-26-15-6-3-13(4-7-15)17-12-19(23(22-17)27(2,24)25)14-5-8-16-18(11-14)21-10-9-20-16/h3-11,19H,12H2,1-2H3/t19-/m1/s1. The van der Waals surface area contributed by atoms with E-state index < -0.39 is 10.0 Å². The molecule has 0 saturated carbocycles. The number of sulfonamides is 1. The molecule has 0 bridgehead atoms. The van der Waals surface area contributed by atoms with E-state index in [0.717, 1.165) is 32.8 Å². The molecule has 1 atom stereocenters. The Balaban J connectivity index is 1.73. The van der Waals surface area contributed by atoms with Crippen molar-refractivity contribution in [2.45, 2.75) is 17.4 Å². The van der Waals surface area contributed by atoms with Crippen molar-refractivity contribution < 1.29 is 8.42 Å². The summed E-state index contributed by atoms with van der Waals surface area (Å²) in [5.74, 6) is 0. The third kappa shape index (κ3) is 3.54. The molecule has 0 fully saturated rings. The summed E-state index contributed by atoms with van der Waals surface area (Å²) in [6.07, 6.45) is 6.98. The maximum Gasteiger partial charge on any atom is 0.247 e. The quantitative estimate of drug-likeness (QED) is 0.629. The molecular weight excluding hydrogens is 380 g/mol. The lowest BCUT2D eigenvalue weighted by atomic mass is 9.99. The highest BCUT2D eigenvalue weighted by atomic mass is 32.2. The fraction of sp³-hybridized carbons (Fsp3) is 0.211. The van der Waals surface area contributed by atoms with Gasteiger partial charge in [-0.2, -0.15) is 9.52 Å². The van der Waals surface area contributed by atoms with Crippen LogP contribution >= 0.6 is 11.8 Å². The Hall–Kier alpha value is -2.45. The van der Waals surface area contributed by atoms with Gasteiger partial charge in [0.1, 0.15) is 0 Å². The Bertz CT molecular complexity index is 1130. The van der Waals surface area contributed by atoms with Crippen LogP contribution < -0.4 is 0 Å². The van der Waals surface area contributed by atoms with Gasteiger partial charge in [0.15, 0.2) is 0 Å². The number of benzene rings is 2. The molecule has 1 aliphatic rings. The Morgan fingerprint density at radius 2 is 1.74 bits per heavy atom. The molecule has 8 heteroatoms. The minimum atomic E-state index is -3.50. The number of hydrogen-bond donors (Lipinski definition) is 0. The molecule has 0 N–H and O–H groups in total. The summed E-state index contributed by atoms with van der Waals surface area (Å²) in [6.45, 7) is 0. The molecule has 0 aliphatic carbocycles. The van der Waals surface area contributed by atoms with Crippen molar-refractivity contribution in [3.8, 4) is 0 Å². The van der Waals surface area contributed by atoms with Crippen molar-refractivity contribution in [1.29, 1.82) is 0 Å². The van der Waals surface area contributed by atoms with Crippen molar-refractivity contribution >= 4 is 38.5 Å². The summed E-state index contributed by atoms with van der Waals surface area (Å²) < 4.78 is 25.9. The van der Waals surface area contributed by atoms with Gasteiger partial charge in [0.05, 0.1) is 29.0 Å². The van der Waals surface area contributed by atoms with Crippen LogP contribution in [-0.2, 0) is 10.0 Å². The Labute approximate surface area is 162 Å². The van der Waals surface area contributed by atoms with E-state index in [9.17, 15) is 8.42 Å². The van der Waals surface area contributed by atoms with Gasteiger partial charge < -0.3 is 0 Å². The first-order chi connectivity index (χ1) is 13.0. The molecule has 0 amide bonds. The fourth-order valence-electron chi connectivity index (χ4n) is 3.19. The maximum atomic E-state index is 12.3. The third-order valence-electron chi connectivity index (χ3n) is 4.51. The molecule has 1 aromatic heterocycles. The monoisotopic (exact) mass is 398 g/mol. The highest BCUT2D eigenvalue weighted by molar-refractivity contribution is 7.98. The summed E-state index contributed by atoms with van der Waals surface area (Å²) in [6, 6.07) is 13.3. The van der Waals surface area contributed by atoms with Crippen molar-refractivity contribution in [2.75, 3.05) is 12.5 Å². The predicted octanol–water partition coefficient (Wildman–Crippen LogP) is 3.46. The van der Waals surface area contributed by atoms with Crippen molar-refractivity contribution in [1.82, 2.24) is 14.4 Å². The van der Waals surface area contributed by atoms with E-state index in [-0.39, 0.29) is 6.04 Å². The van der Waals surface area contributed by atoms with Crippen LogP contribution in [0.4, 0.5) is 0 Å². The number of hydrogen-bond acceptors (Lipinski definition) is 6. The van der Waals surface area contributed by atoms with Gasteiger partial charge in [-0.25, -0.2) is 8.42 Å². The number of rotatable bonds is 4. The first-order valence-electron chi connectivity index (χ1n) is 8.38. The third-order valence-corrected chi connectivity index (χ3v) is 6.27. The summed E-state index contributed by atoms with van der Waals surface area (Å²) >= 11 is 1.66.